The predicted octanol–water partition coefficient (Wildman–Crippen LogP) is 2.84. The third-order valence-electron chi connectivity index (χ3n) is 4.56. The maximum atomic E-state index is 12.8. The fourth-order valence-electron chi connectivity index (χ4n) is 3.42. The highest BCUT2D eigenvalue weighted by molar-refractivity contribution is 5.74. The number of hydrogen-bond donors (Lipinski definition) is 1. The van der Waals surface area contributed by atoms with Crippen molar-refractivity contribution in [2.24, 2.45) is 23.7 Å². The van der Waals surface area contributed by atoms with Gasteiger partial charge < -0.3 is 9.84 Å². The quantitative estimate of drug-likeness (QED) is 0.491. The fraction of sp³-hybridized carbons (Fsp3) is 0.769. The molecule has 0 heterocycles. The molecule has 22 heavy (non-hydrogen) atoms. The predicted molar refractivity (Wildman–Crippen MR) is 61.4 cm³/mol. The van der Waals surface area contributed by atoms with Gasteiger partial charge in [-0.3, -0.25) is 4.79 Å². The molecule has 0 aliphatic heterocycles. The van der Waals surface area contributed by atoms with E-state index in [1.807, 2.05) is 0 Å². The molecule has 0 amide bonds. The third-order valence-corrected chi connectivity index (χ3v) is 4.56. The van der Waals surface area contributed by atoms with Crippen molar-refractivity contribution in [3.63, 3.8) is 0 Å². The summed E-state index contributed by atoms with van der Waals surface area (Å²) in [7, 11) is 1.02. The first-order valence-corrected chi connectivity index (χ1v) is 6.54. The van der Waals surface area contributed by atoms with Gasteiger partial charge in [-0.2, -0.15) is 26.3 Å². The normalized spacial score (nSPS) is 31.6. The van der Waals surface area contributed by atoms with Gasteiger partial charge in [0, 0.05) is 0 Å². The minimum atomic E-state index is -5.88. The Kier molecular flexibility index (Phi) is 4.00. The summed E-state index contributed by atoms with van der Waals surface area (Å²) in [6.45, 7) is 0. The Labute approximate surface area is 121 Å². The zero-order chi connectivity index (χ0) is 16.9. The fourth-order valence-corrected chi connectivity index (χ4v) is 3.42. The second-order valence-electron chi connectivity index (χ2n) is 5.72. The van der Waals surface area contributed by atoms with E-state index >= 15 is 0 Å². The molecule has 0 saturated heterocycles. The Hall–Kier alpha value is -1.25. The molecule has 4 atom stereocenters. The van der Waals surface area contributed by atoms with E-state index in [0.29, 0.717) is 0 Å². The van der Waals surface area contributed by atoms with E-state index in [9.17, 15) is 36.2 Å². The molecule has 0 aromatic heterocycles. The van der Waals surface area contributed by atoms with E-state index in [4.69, 9.17) is 0 Å². The third kappa shape index (κ3) is 2.49. The van der Waals surface area contributed by atoms with Crippen LogP contribution in [0, 0.1) is 23.7 Å². The number of halogens is 6. The van der Waals surface area contributed by atoms with Gasteiger partial charge >= 0.3 is 18.3 Å². The molecule has 2 bridgehead atoms. The van der Waals surface area contributed by atoms with Crippen LogP contribution >= 0.6 is 0 Å². The zero-order valence-corrected chi connectivity index (χ0v) is 11.4. The number of carbonyl (C=O) groups excluding carboxylic acids is 1. The zero-order valence-electron chi connectivity index (χ0n) is 11.4. The van der Waals surface area contributed by atoms with Crippen LogP contribution in [0.3, 0.4) is 0 Å². The van der Waals surface area contributed by atoms with Crippen molar-refractivity contribution < 1.29 is 41.0 Å². The number of ether oxygens (including phenoxy) is 1. The minimum absolute atomic E-state index is 0.288. The monoisotopic (exact) mass is 332 g/mol. The number of fused-ring (bicyclic) bond motifs is 2. The first kappa shape index (κ1) is 17.1. The maximum Gasteiger partial charge on any atom is 0.426 e. The molecular formula is C13H14F6O3. The molecule has 4 unspecified atom stereocenters. The molecular weight excluding hydrogens is 318 g/mol. The van der Waals surface area contributed by atoms with Crippen molar-refractivity contribution in [1.82, 2.24) is 0 Å². The lowest BCUT2D eigenvalue weighted by molar-refractivity contribution is -0.373. The highest BCUT2D eigenvalue weighted by Gasteiger charge is 2.72. The van der Waals surface area contributed by atoms with Gasteiger partial charge in [0.1, 0.15) is 0 Å². The smallest absolute Gasteiger partial charge is 0.426 e. The average molecular weight is 332 g/mol. The van der Waals surface area contributed by atoms with Crippen LogP contribution in [0.15, 0.2) is 12.2 Å². The summed E-state index contributed by atoms with van der Waals surface area (Å²) in [5.41, 5.74) is -4.84. The lowest BCUT2D eigenvalue weighted by Gasteiger charge is -2.37. The summed E-state index contributed by atoms with van der Waals surface area (Å²) >= 11 is 0. The van der Waals surface area contributed by atoms with Gasteiger partial charge in [0.15, 0.2) is 0 Å². The van der Waals surface area contributed by atoms with E-state index in [1.165, 1.54) is 6.08 Å². The molecule has 1 fully saturated rings. The van der Waals surface area contributed by atoms with Crippen LogP contribution in [0.4, 0.5) is 26.3 Å². The molecule has 1 N–H and O–H groups in total. The first-order chi connectivity index (χ1) is 9.92. The number of carbonyl (C=O) groups is 1. The van der Waals surface area contributed by atoms with Crippen molar-refractivity contribution >= 4 is 5.97 Å². The van der Waals surface area contributed by atoms with E-state index in [1.54, 1.807) is 6.08 Å². The van der Waals surface area contributed by atoms with Crippen LogP contribution in [0.1, 0.15) is 12.8 Å². The molecule has 0 radical (unpaired) electrons. The van der Waals surface area contributed by atoms with E-state index < -0.39 is 54.0 Å². The van der Waals surface area contributed by atoms with Crippen LogP contribution in [0.5, 0.6) is 0 Å². The molecule has 0 aromatic rings. The van der Waals surface area contributed by atoms with Crippen LogP contribution in [0.2, 0.25) is 0 Å². The summed E-state index contributed by atoms with van der Waals surface area (Å²) < 4.78 is 81.3. The van der Waals surface area contributed by atoms with Gasteiger partial charge in [-0.05, 0) is 30.6 Å². The SMILES string of the molecule is COC(=O)C1C2C=CC(C2)C1CC(O)(C(F)(F)F)C(F)(F)F. The van der Waals surface area contributed by atoms with Gasteiger partial charge in [0.05, 0.1) is 13.0 Å². The Bertz CT molecular complexity index is 467. The number of aliphatic hydroxyl groups is 1. The summed E-state index contributed by atoms with van der Waals surface area (Å²) in [6, 6.07) is 0. The highest BCUT2D eigenvalue weighted by Crippen LogP contribution is 2.55. The largest absolute Gasteiger partial charge is 0.469 e. The van der Waals surface area contributed by atoms with E-state index in [-0.39, 0.29) is 6.42 Å². The molecule has 0 spiro atoms. The van der Waals surface area contributed by atoms with E-state index in [2.05, 4.69) is 4.74 Å². The molecule has 126 valence electrons. The van der Waals surface area contributed by atoms with Crippen molar-refractivity contribution in [3.8, 4) is 0 Å². The number of alkyl halides is 6. The second kappa shape index (κ2) is 5.14. The summed E-state index contributed by atoms with van der Waals surface area (Å²) in [6.07, 6.45) is -9.97. The second-order valence-corrected chi connectivity index (χ2v) is 5.72. The molecule has 3 nitrogen and oxygen atoms in total. The van der Waals surface area contributed by atoms with Gasteiger partial charge in [-0.1, -0.05) is 12.2 Å². The molecule has 9 heteroatoms. The lowest BCUT2D eigenvalue weighted by Crippen LogP contribution is -2.58. The highest BCUT2D eigenvalue weighted by atomic mass is 19.4. The van der Waals surface area contributed by atoms with Gasteiger partial charge in [-0.15, -0.1) is 0 Å². The Balaban J connectivity index is 2.34. The minimum Gasteiger partial charge on any atom is -0.469 e. The van der Waals surface area contributed by atoms with Crippen LogP contribution in [-0.2, 0) is 9.53 Å². The molecule has 2 aliphatic rings. The van der Waals surface area contributed by atoms with Crippen molar-refractivity contribution in [2.45, 2.75) is 30.8 Å². The van der Waals surface area contributed by atoms with Crippen LogP contribution in [-0.4, -0.2) is 36.1 Å². The first-order valence-electron chi connectivity index (χ1n) is 6.54. The Morgan fingerprint density at radius 3 is 2.09 bits per heavy atom. The average Bonchev–Trinajstić information content (AvgIpc) is 2.95. The van der Waals surface area contributed by atoms with Gasteiger partial charge in [-0.25, -0.2) is 0 Å². The van der Waals surface area contributed by atoms with Crippen LogP contribution in [0.25, 0.3) is 0 Å². The van der Waals surface area contributed by atoms with Crippen LogP contribution < -0.4 is 0 Å². The maximum absolute atomic E-state index is 12.8. The van der Waals surface area contributed by atoms with E-state index in [0.717, 1.165) is 7.11 Å². The number of hydrogen-bond acceptors (Lipinski definition) is 3. The van der Waals surface area contributed by atoms with Gasteiger partial charge in [0.25, 0.3) is 5.60 Å². The lowest BCUT2D eigenvalue weighted by atomic mass is 9.75. The number of esters is 1. The van der Waals surface area contributed by atoms with Crippen molar-refractivity contribution in [2.75, 3.05) is 7.11 Å². The number of methoxy groups -OCH3 is 1. The number of rotatable bonds is 3. The molecule has 2 aliphatic carbocycles. The Morgan fingerprint density at radius 2 is 1.64 bits per heavy atom. The molecule has 1 saturated carbocycles. The standard InChI is InChI=1S/C13H14F6O3/c1-22-10(20)9-7-3-2-6(4-7)8(9)5-11(21,12(14,15)16)13(17,18)19/h2-3,6-9,21H,4-5H2,1H3. The topological polar surface area (TPSA) is 46.5 Å². The Morgan fingerprint density at radius 1 is 1.14 bits per heavy atom. The molecule has 0 aromatic carbocycles. The van der Waals surface area contributed by atoms with Gasteiger partial charge in [0.2, 0.25) is 0 Å². The summed E-state index contributed by atoms with van der Waals surface area (Å²) in [5.74, 6) is -4.28. The number of allylic oxidation sites excluding steroid dienone is 2. The van der Waals surface area contributed by atoms with Crippen molar-refractivity contribution in [1.29, 1.82) is 0 Å². The summed E-state index contributed by atoms with van der Waals surface area (Å²) in [4.78, 5) is 11.7. The molecule has 2 rings (SSSR count). The summed E-state index contributed by atoms with van der Waals surface area (Å²) in [5, 5.41) is 9.32. The van der Waals surface area contributed by atoms with Crippen molar-refractivity contribution in [3.05, 3.63) is 12.2 Å².